The Morgan fingerprint density at radius 2 is 1.90 bits per heavy atom. The molecule has 2 N–H and O–H groups in total. The van der Waals surface area contributed by atoms with Gasteiger partial charge in [0.05, 0.1) is 33.6 Å². The van der Waals surface area contributed by atoms with E-state index >= 15 is 0 Å². The summed E-state index contributed by atoms with van der Waals surface area (Å²) >= 11 is 0. The highest BCUT2D eigenvalue weighted by Crippen LogP contribution is 2.39. The molecule has 0 spiro atoms. The van der Waals surface area contributed by atoms with E-state index in [1.54, 1.807) is 32.2 Å². The van der Waals surface area contributed by atoms with Crippen molar-refractivity contribution in [2.45, 2.75) is 25.3 Å². The molecule has 29 heavy (non-hydrogen) atoms. The molecule has 1 fully saturated rings. The van der Waals surface area contributed by atoms with Crippen LogP contribution in [0.3, 0.4) is 0 Å². The SMILES string of the molecule is COc1ccc(CCNC(=O)c2cn(C3CCNCC3)nn2)c(OC)c1OC.Cl. The third-order valence-corrected chi connectivity index (χ3v) is 4.89. The first-order valence-corrected chi connectivity index (χ1v) is 9.36. The summed E-state index contributed by atoms with van der Waals surface area (Å²) in [6, 6.07) is 4.02. The maximum atomic E-state index is 12.4. The molecule has 1 saturated heterocycles. The van der Waals surface area contributed by atoms with Crippen molar-refractivity contribution in [1.29, 1.82) is 0 Å². The molecule has 1 amide bonds. The van der Waals surface area contributed by atoms with Gasteiger partial charge in [0.15, 0.2) is 17.2 Å². The lowest BCUT2D eigenvalue weighted by Crippen LogP contribution is -2.29. The molecule has 10 heteroatoms. The van der Waals surface area contributed by atoms with Gasteiger partial charge >= 0.3 is 0 Å². The Morgan fingerprint density at radius 1 is 1.17 bits per heavy atom. The number of piperidine rings is 1. The third kappa shape index (κ3) is 5.30. The van der Waals surface area contributed by atoms with Crippen LogP contribution in [0.4, 0.5) is 0 Å². The number of nitrogens with zero attached hydrogens (tertiary/aromatic N) is 3. The van der Waals surface area contributed by atoms with Crippen molar-refractivity contribution in [2.75, 3.05) is 41.0 Å². The van der Waals surface area contributed by atoms with Gasteiger partial charge in [-0.15, -0.1) is 17.5 Å². The zero-order chi connectivity index (χ0) is 19.9. The highest BCUT2D eigenvalue weighted by atomic mass is 35.5. The van der Waals surface area contributed by atoms with Gasteiger partial charge in [-0.2, -0.15) is 0 Å². The lowest BCUT2D eigenvalue weighted by atomic mass is 10.1. The number of carbonyl (C=O) groups is 1. The number of hydrogen-bond acceptors (Lipinski definition) is 7. The molecular formula is C19H28ClN5O4. The molecule has 160 valence electrons. The second-order valence-corrected chi connectivity index (χ2v) is 6.56. The van der Waals surface area contributed by atoms with Gasteiger partial charge in [0, 0.05) is 12.1 Å². The molecule has 0 atom stereocenters. The van der Waals surface area contributed by atoms with Crippen molar-refractivity contribution < 1.29 is 19.0 Å². The van der Waals surface area contributed by atoms with E-state index in [1.807, 2.05) is 12.1 Å². The maximum absolute atomic E-state index is 12.4. The van der Waals surface area contributed by atoms with Gasteiger partial charge in [0.2, 0.25) is 5.75 Å². The van der Waals surface area contributed by atoms with Crippen LogP contribution in [0.15, 0.2) is 18.3 Å². The summed E-state index contributed by atoms with van der Waals surface area (Å²) in [6.07, 6.45) is 4.28. The molecule has 2 aromatic rings. The van der Waals surface area contributed by atoms with Crippen molar-refractivity contribution >= 4 is 18.3 Å². The summed E-state index contributed by atoms with van der Waals surface area (Å²) in [5, 5.41) is 14.3. The van der Waals surface area contributed by atoms with Gasteiger partial charge in [0.1, 0.15) is 0 Å². The Labute approximate surface area is 176 Å². The van der Waals surface area contributed by atoms with E-state index < -0.39 is 0 Å². The van der Waals surface area contributed by atoms with Crippen molar-refractivity contribution in [3.05, 3.63) is 29.6 Å². The van der Waals surface area contributed by atoms with Crippen LogP contribution >= 0.6 is 12.4 Å². The normalized spacial score (nSPS) is 14.0. The van der Waals surface area contributed by atoms with Crippen molar-refractivity contribution in [3.63, 3.8) is 0 Å². The fourth-order valence-electron chi connectivity index (χ4n) is 3.39. The van der Waals surface area contributed by atoms with E-state index in [2.05, 4.69) is 20.9 Å². The molecule has 3 rings (SSSR count). The van der Waals surface area contributed by atoms with Gasteiger partial charge in [-0.05, 0) is 38.4 Å². The van der Waals surface area contributed by atoms with Gasteiger partial charge < -0.3 is 24.8 Å². The van der Waals surface area contributed by atoms with Crippen LogP contribution in [0.25, 0.3) is 0 Å². The fraction of sp³-hybridized carbons (Fsp3) is 0.526. The smallest absolute Gasteiger partial charge is 0.273 e. The predicted molar refractivity (Wildman–Crippen MR) is 111 cm³/mol. The zero-order valence-electron chi connectivity index (χ0n) is 16.9. The summed E-state index contributed by atoms with van der Waals surface area (Å²) in [5.74, 6) is 1.51. The second-order valence-electron chi connectivity index (χ2n) is 6.56. The Hall–Kier alpha value is -2.52. The largest absolute Gasteiger partial charge is 0.493 e. The van der Waals surface area contributed by atoms with E-state index in [4.69, 9.17) is 14.2 Å². The van der Waals surface area contributed by atoms with E-state index in [-0.39, 0.29) is 18.3 Å². The van der Waals surface area contributed by atoms with Crippen LogP contribution in [-0.4, -0.2) is 61.9 Å². The van der Waals surface area contributed by atoms with Crippen LogP contribution < -0.4 is 24.8 Å². The number of rotatable bonds is 8. The van der Waals surface area contributed by atoms with E-state index in [9.17, 15) is 4.79 Å². The highest BCUT2D eigenvalue weighted by Gasteiger charge is 2.19. The average Bonchev–Trinajstić information content (AvgIpc) is 3.24. The van der Waals surface area contributed by atoms with Crippen LogP contribution in [0.1, 0.15) is 34.9 Å². The van der Waals surface area contributed by atoms with Crippen LogP contribution in [-0.2, 0) is 6.42 Å². The second kappa shape index (κ2) is 10.9. The van der Waals surface area contributed by atoms with E-state index in [0.29, 0.717) is 41.9 Å². The van der Waals surface area contributed by atoms with Gasteiger partial charge in [-0.25, -0.2) is 4.68 Å². The summed E-state index contributed by atoms with van der Waals surface area (Å²) in [7, 11) is 4.73. The Kier molecular flexibility index (Phi) is 8.53. The minimum Gasteiger partial charge on any atom is -0.493 e. The number of methoxy groups -OCH3 is 3. The minimum absolute atomic E-state index is 0. The molecule has 2 heterocycles. The number of carbonyl (C=O) groups excluding carboxylic acids is 1. The molecule has 0 aliphatic carbocycles. The standard InChI is InChI=1S/C19H27N5O4.ClH/c1-26-16-5-4-13(17(27-2)18(16)28-3)6-11-21-19(25)15-12-24(23-22-15)14-7-9-20-10-8-14;/h4-5,12,14,20H,6-11H2,1-3H3,(H,21,25);1H. The molecule has 0 saturated carbocycles. The summed E-state index contributed by atoms with van der Waals surface area (Å²) in [6.45, 7) is 2.35. The molecule has 0 bridgehead atoms. The van der Waals surface area contributed by atoms with Crippen molar-refractivity contribution in [3.8, 4) is 17.2 Å². The fourth-order valence-corrected chi connectivity index (χ4v) is 3.39. The lowest BCUT2D eigenvalue weighted by Gasteiger charge is -2.22. The molecule has 0 radical (unpaired) electrons. The summed E-state index contributed by atoms with van der Waals surface area (Å²) in [4.78, 5) is 12.4. The third-order valence-electron chi connectivity index (χ3n) is 4.89. The van der Waals surface area contributed by atoms with Crippen LogP contribution in [0, 0.1) is 0 Å². The molecular weight excluding hydrogens is 398 g/mol. The number of hydrogen-bond donors (Lipinski definition) is 2. The zero-order valence-corrected chi connectivity index (χ0v) is 17.8. The average molecular weight is 426 g/mol. The number of benzene rings is 1. The van der Waals surface area contributed by atoms with Crippen LogP contribution in [0.5, 0.6) is 17.2 Å². The number of ether oxygens (including phenoxy) is 3. The first-order chi connectivity index (χ1) is 13.7. The lowest BCUT2D eigenvalue weighted by molar-refractivity contribution is 0.0949. The van der Waals surface area contributed by atoms with Crippen LogP contribution in [0.2, 0.25) is 0 Å². The quantitative estimate of drug-likeness (QED) is 0.662. The monoisotopic (exact) mass is 425 g/mol. The molecule has 1 aliphatic heterocycles. The Morgan fingerprint density at radius 3 is 2.55 bits per heavy atom. The molecule has 1 aromatic carbocycles. The summed E-state index contributed by atoms with van der Waals surface area (Å²) in [5.41, 5.74) is 1.25. The van der Waals surface area contributed by atoms with Gasteiger partial charge in [-0.1, -0.05) is 11.3 Å². The van der Waals surface area contributed by atoms with Crippen molar-refractivity contribution in [1.82, 2.24) is 25.6 Å². The Bertz CT molecular complexity index is 808. The summed E-state index contributed by atoms with van der Waals surface area (Å²) < 4.78 is 18.0. The molecule has 9 nitrogen and oxygen atoms in total. The number of aromatic nitrogens is 3. The minimum atomic E-state index is -0.236. The van der Waals surface area contributed by atoms with E-state index in [1.165, 1.54) is 0 Å². The Balaban J connectivity index is 0.00000300. The topological polar surface area (TPSA) is 99.5 Å². The molecule has 1 aromatic heterocycles. The number of halogens is 1. The van der Waals surface area contributed by atoms with Crippen molar-refractivity contribution in [2.24, 2.45) is 0 Å². The number of nitrogens with one attached hydrogen (secondary N) is 2. The van der Waals surface area contributed by atoms with Gasteiger partial charge in [-0.3, -0.25) is 4.79 Å². The molecule has 1 aliphatic rings. The van der Waals surface area contributed by atoms with E-state index in [0.717, 1.165) is 31.5 Å². The predicted octanol–water partition coefficient (Wildman–Crippen LogP) is 1.62. The van der Waals surface area contributed by atoms with Gasteiger partial charge in [0.25, 0.3) is 5.91 Å². The maximum Gasteiger partial charge on any atom is 0.273 e. The first kappa shape index (κ1) is 22.8. The highest BCUT2D eigenvalue weighted by molar-refractivity contribution is 5.91. The number of amides is 1. The molecule has 0 unspecified atom stereocenters. The first-order valence-electron chi connectivity index (χ1n) is 9.36.